The minimum absolute atomic E-state index is 0.0771. The normalized spacial score (nSPS) is 21.1. The van der Waals surface area contributed by atoms with Gasteiger partial charge in [-0.3, -0.25) is 4.79 Å². The first kappa shape index (κ1) is 16.4. The fourth-order valence-electron chi connectivity index (χ4n) is 2.31. The Hall–Kier alpha value is -0.680. The van der Waals surface area contributed by atoms with Crippen LogP contribution in [0.2, 0.25) is 0 Å². The van der Waals surface area contributed by atoms with Gasteiger partial charge in [0.15, 0.2) is 0 Å². The zero-order valence-electron chi connectivity index (χ0n) is 12.4. The lowest BCUT2D eigenvalue weighted by Gasteiger charge is -2.33. The Morgan fingerprint density at radius 2 is 2.16 bits per heavy atom. The Kier molecular flexibility index (Phi) is 6.20. The highest BCUT2D eigenvalue weighted by Gasteiger charge is 2.30. The number of rotatable bonds is 6. The number of nitrogens with one attached hydrogen (secondary N) is 1. The van der Waals surface area contributed by atoms with Gasteiger partial charge < -0.3 is 16.0 Å². The number of likely N-dealkylation sites (tertiary alicyclic amines) is 1. The monoisotopic (exact) mass is 285 g/mol. The van der Waals surface area contributed by atoms with Gasteiger partial charge in [0, 0.05) is 19.1 Å². The Morgan fingerprint density at radius 1 is 1.47 bits per heavy atom. The van der Waals surface area contributed by atoms with E-state index in [9.17, 15) is 4.79 Å². The molecule has 0 saturated carbocycles. The summed E-state index contributed by atoms with van der Waals surface area (Å²) in [5.74, 6) is -0.0771. The fourth-order valence-corrected chi connectivity index (χ4v) is 2.40. The lowest BCUT2D eigenvalue weighted by atomic mass is 9.92. The molecule has 1 saturated heterocycles. The molecular weight excluding hydrogens is 258 g/mol. The number of nitrogens with zero attached hydrogens (tertiary/aromatic N) is 1. The summed E-state index contributed by atoms with van der Waals surface area (Å²) in [6.07, 6.45) is 4.91. The second-order valence-corrected chi connectivity index (χ2v) is 6.42. The Balaban J connectivity index is 2.23. The van der Waals surface area contributed by atoms with Gasteiger partial charge in [-0.1, -0.05) is 18.6 Å². The van der Waals surface area contributed by atoms with Crippen LogP contribution in [0, 0.1) is 5.41 Å². The van der Waals surface area contributed by atoms with E-state index in [1.807, 2.05) is 0 Å². The van der Waals surface area contributed by atoms with E-state index < -0.39 is 5.41 Å². The third kappa shape index (κ3) is 4.73. The number of hydrogen-bond acceptors (Lipinski definition) is 3. The average molecular weight is 285 g/mol. The first-order chi connectivity index (χ1) is 8.85. The number of piperidine rings is 1. The maximum absolute atomic E-state index is 11.9. The van der Waals surface area contributed by atoms with Crippen LogP contribution in [0.3, 0.4) is 0 Å². The van der Waals surface area contributed by atoms with E-state index in [1.165, 1.54) is 25.8 Å². The zero-order chi connectivity index (χ0) is 14.5. The number of carbonyl (C=O) groups is 1. The molecule has 4 nitrogen and oxygen atoms in total. The highest BCUT2D eigenvalue weighted by atomic mass is 32.1. The van der Waals surface area contributed by atoms with E-state index in [-0.39, 0.29) is 10.9 Å². The van der Waals surface area contributed by atoms with Crippen LogP contribution >= 0.6 is 12.2 Å². The summed E-state index contributed by atoms with van der Waals surface area (Å²) in [7, 11) is 0. The van der Waals surface area contributed by atoms with Crippen molar-refractivity contribution in [2.24, 2.45) is 11.1 Å². The summed E-state index contributed by atoms with van der Waals surface area (Å²) in [4.78, 5) is 14.7. The molecule has 0 radical (unpaired) electrons. The van der Waals surface area contributed by atoms with Gasteiger partial charge in [-0.2, -0.15) is 0 Å². The highest BCUT2D eigenvalue weighted by Crippen LogP contribution is 2.17. The lowest BCUT2D eigenvalue weighted by Crippen LogP contribution is -2.45. The van der Waals surface area contributed by atoms with Crippen molar-refractivity contribution < 1.29 is 4.79 Å². The molecule has 1 aliphatic heterocycles. The molecule has 0 aromatic heterocycles. The predicted molar refractivity (Wildman–Crippen MR) is 83.1 cm³/mol. The second-order valence-electron chi connectivity index (χ2n) is 5.98. The smallest absolute Gasteiger partial charge is 0.232 e. The van der Waals surface area contributed by atoms with Gasteiger partial charge >= 0.3 is 0 Å². The number of carbonyl (C=O) groups excluding carboxylic acids is 1. The molecule has 0 aromatic rings. The van der Waals surface area contributed by atoms with Crippen LogP contribution in [-0.2, 0) is 4.79 Å². The van der Waals surface area contributed by atoms with Crippen molar-refractivity contribution in [2.45, 2.75) is 52.5 Å². The van der Waals surface area contributed by atoms with Crippen molar-refractivity contribution in [3.63, 3.8) is 0 Å². The molecule has 1 atom stereocenters. The molecule has 1 rings (SSSR count). The largest absolute Gasteiger partial charge is 0.392 e. The van der Waals surface area contributed by atoms with Gasteiger partial charge in [0.1, 0.15) is 0 Å². The molecule has 1 unspecified atom stereocenters. The van der Waals surface area contributed by atoms with Crippen LogP contribution < -0.4 is 11.1 Å². The fraction of sp³-hybridized carbons (Fsp3) is 0.857. The Bertz CT molecular complexity index is 331. The van der Waals surface area contributed by atoms with Crippen LogP contribution in [0.1, 0.15) is 46.5 Å². The number of hydrogen-bond donors (Lipinski definition) is 2. The topological polar surface area (TPSA) is 58.4 Å². The molecule has 1 heterocycles. The van der Waals surface area contributed by atoms with Crippen LogP contribution in [0.15, 0.2) is 0 Å². The minimum Gasteiger partial charge on any atom is -0.392 e. The van der Waals surface area contributed by atoms with Crippen molar-refractivity contribution in [1.29, 1.82) is 0 Å². The van der Waals surface area contributed by atoms with Crippen LogP contribution in [0.4, 0.5) is 0 Å². The first-order valence-electron chi connectivity index (χ1n) is 7.18. The molecule has 110 valence electrons. The van der Waals surface area contributed by atoms with Crippen LogP contribution in [0.5, 0.6) is 0 Å². The van der Waals surface area contributed by atoms with E-state index in [0.717, 1.165) is 13.0 Å². The maximum Gasteiger partial charge on any atom is 0.232 e. The summed E-state index contributed by atoms with van der Waals surface area (Å²) in [5, 5.41) is 2.93. The molecule has 5 heteroatoms. The quantitative estimate of drug-likeness (QED) is 0.576. The maximum atomic E-state index is 11.9. The third-order valence-corrected chi connectivity index (χ3v) is 4.54. The van der Waals surface area contributed by atoms with Crippen molar-refractivity contribution in [3.05, 3.63) is 0 Å². The lowest BCUT2D eigenvalue weighted by molar-refractivity contribution is -0.126. The van der Waals surface area contributed by atoms with E-state index >= 15 is 0 Å². The predicted octanol–water partition coefficient (Wildman–Crippen LogP) is 1.68. The van der Waals surface area contributed by atoms with Gasteiger partial charge in [0.25, 0.3) is 0 Å². The van der Waals surface area contributed by atoms with E-state index in [1.54, 1.807) is 13.8 Å². The molecule has 0 aliphatic carbocycles. The van der Waals surface area contributed by atoms with Crippen molar-refractivity contribution in [1.82, 2.24) is 10.2 Å². The second kappa shape index (κ2) is 7.20. The SMILES string of the molecule is CC1CCCCN1CCCNC(=O)C(C)(C)C(N)=S. The van der Waals surface area contributed by atoms with E-state index in [4.69, 9.17) is 18.0 Å². The van der Waals surface area contributed by atoms with Gasteiger partial charge in [-0.25, -0.2) is 0 Å². The van der Waals surface area contributed by atoms with Gasteiger partial charge in [0.05, 0.1) is 10.4 Å². The minimum atomic E-state index is -0.756. The van der Waals surface area contributed by atoms with E-state index in [2.05, 4.69) is 17.1 Å². The average Bonchev–Trinajstić information content (AvgIpc) is 2.36. The summed E-state index contributed by atoms with van der Waals surface area (Å²) < 4.78 is 0. The molecule has 0 spiro atoms. The first-order valence-corrected chi connectivity index (χ1v) is 7.58. The standard InChI is InChI=1S/C14H27N3OS/c1-11-7-4-5-9-17(11)10-6-8-16-13(18)14(2,3)12(15)19/h11H,4-10H2,1-3H3,(H2,15,19)(H,16,18). The van der Waals surface area contributed by atoms with Crippen molar-refractivity contribution in [3.8, 4) is 0 Å². The van der Waals surface area contributed by atoms with E-state index in [0.29, 0.717) is 12.6 Å². The summed E-state index contributed by atoms with van der Waals surface area (Å²) in [6.45, 7) is 8.74. The summed E-state index contributed by atoms with van der Waals surface area (Å²) in [5.41, 5.74) is 4.82. The zero-order valence-corrected chi connectivity index (χ0v) is 13.2. The molecule has 3 N–H and O–H groups in total. The molecule has 1 amide bonds. The highest BCUT2D eigenvalue weighted by molar-refractivity contribution is 7.80. The Labute approximate surface area is 122 Å². The van der Waals surface area contributed by atoms with Gasteiger partial charge in [0.2, 0.25) is 5.91 Å². The molecule has 0 bridgehead atoms. The number of amides is 1. The summed E-state index contributed by atoms with van der Waals surface area (Å²) >= 11 is 4.91. The van der Waals surface area contributed by atoms with Crippen molar-refractivity contribution in [2.75, 3.05) is 19.6 Å². The van der Waals surface area contributed by atoms with Gasteiger partial charge in [-0.05, 0) is 46.6 Å². The van der Waals surface area contributed by atoms with Crippen LogP contribution in [-0.4, -0.2) is 41.5 Å². The summed E-state index contributed by atoms with van der Waals surface area (Å²) in [6, 6.07) is 0.678. The van der Waals surface area contributed by atoms with Crippen LogP contribution in [0.25, 0.3) is 0 Å². The number of nitrogens with two attached hydrogens (primary N) is 1. The van der Waals surface area contributed by atoms with Crippen molar-refractivity contribution >= 4 is 23.1 Å². The molecular formula is C14H27N3OS. The molecule has 0 aromatic carbocycles. The van der Waals surface area contributed by atoms with Gasteiger partial charge in [-0.15, -0.1) is 0 Å². The Morgan fingerprint density at radius 3 is 2.74 bits per heavy atom. The molecule has 19 heavy (non-hydrogen) atoms. The molecule has 1 fully saturated rings. The third-order valence-electron chi connectivity index (χ3n) is 4.03. The number of thiocarbonyl (C=S) groups is 1. The molecule has 1 aliphatic rings.